The summed E-state index contributed by atoms with van der Waals surface area (Å²) in [7, 11) is 1.95. The second-order valence-corrected chi connectivity index (χ2v) is 6.26. The fourth-order valence-corrected chi connectivity index (χ4v) is 2.91. The number of carbonyl (C=O) groups excluding carboxylic acids is 1. The summed E-state index contributed by atoms with van der Waals surface area (Å²) in [5, 5.41) is 9.31. The van der Waals surface area contributed by atoms with Crippen LogP contribution >= 0.6 is 11.3 Å². The smallest absolute Gasteiger partial charge is 0.227 e. The summed E-state index contributed by atoms with van der Waals surface area (Å²) in [5.74, 6) is 0.378. The molecule has 0 spiro atoms. The molecule has 2 N–H and O–H groups in total. The van der Waals surface area contributed by atoms with E-state index < -0.39 is 0 Å². The number of hydrogen-bond donors (Lipinski definition) is 2. The molecule has 21 heavy (non-hydrogen) atoms. The van der Waals surface area contributed by atoms with E-state index >= 15 is 0 Å². The number of anilines is 1. The molecule has 110 valence electrons. The third-order valence-electron chi connectivity index (χ3n) is 3.54. The Balaban J connectivity index is 1.65. The van der Waals surface area contributed by atoms with Crippen LogP contribution in [0.1, 0.15) is 17.8 Å². The van der Waals surface area contributed by atoms with Crippen molar-refractivity contribution in [1.29, 1.82) is 0 Å². The average Bonchev–Trinajstić information content (AvgIpc) is 3.25. The molecule has 0 radical (unpaired) electrons. The maximum absolute atomic E-state index is 11.7. The van der Waals surface area contributed by atoms with Crippen molar-refractivity contribution in [3.8, 4) is 11.3 Å². The van der Waals surface area contributed by atoms with Crippen LogP contribution in [0.4, 0.5) is 5.69 Å². The molecular weight excluding hydrogens is 282 g/mol. The highest BCUT2D eigenvalue weighted by Gasteiger charge is 2.29. The fourth-order valence-electron chi connectivity index (χ4n) is 2.10. The Morgan fingerprint density at radius 2 is 2.10 bits per heavy atom. The Bertz CT molecular complexity index is 617. The number of rotatable bonds is 6. The van der Waals surface area contributed by atoms with E-state index in [1.807, 2.05) is 31.3 Å². The van der Waals surface area contributed by atoms with Crippen molar-refractivity contribution in [3.05, 3.63) is 34.7 Å². The molecule has 0 atom stereocenters. The van der Waals surface area contributed by atoms with Crippen LogP contribution in [0.5, 0.6) is 0 Å². The molecule has 2 aromatic rings. The number of likely N-dealkylation sites (N-methyl/N-ethyl adjacent to an activating group) is 1. The first-order valence-corrected chi connectivity index (χ1v) is 8.14. The molecule has 3 rings (SSSR count). The number of aromatic nitrogens is 1. The van der Waals surface area contributed by atoms with Gasteiger partial charge in [-0.3, -0.25) is 4.79 Å². The van der Waals surface area contributed by atoms with Gasteiger partial charge in [-0.2, -0.15) is 0 Å². The summed E-state index contributed by atoms with van der Waals surface area (Å²) < 4.78 is 0. The second kappa shape index (κ2) is 6.37. The Morgan fingerprint density at radius 3 is 2.76 bits per heavy atom. The van der Waals surface area contributed by atoms with E-state index in [4.69, 9.17) is 0 Å². The van der Waals surface area contributed by atoms with Crippen molar-refractivity contribution in [1.82, 2.24) is 10.3 Å². The Labute approximate surface area is 128 Å². The lowest BCUT2D eigenvalue weighted by molar-refractivity contribution is -0.117. The Morgan fingerprint density at radius 1 is 1.33 bits per heavy atom. The first kappa shape index (κ1) is 14.2. The molecule has 1 saturated carbocycles. The highest BCUT2D eigenvalue weighted by Crippen LogP contribution is 2.30. The molecule has 1 amide bonds. The highest BCUT2D eigenvalue weighted by molar-refractivity contribution is 7.09. The Kier molecular flexibility index (Phi) is 4.31. The second-order valence-electron chi connectivity index (χ2n) is 5.32. The van der Waals surface area contributed by atoms with E-state index in [0.717, 1.165) is 47.8 Å². The summed E-state index contributed by atoms with van der Waals surface area (Å²) in [5.41, 5.74) is 2.96. The van der Waals surface area contributed by atoms with Crippen molar-refractivity contribution in [3.63, 3.8) is 0 Å². The first-order chi connectivity index (χ1) is 10.3. The van der Waals surface area contributed by atoms with Gasteiger partial charge in [0.2, 0.25) is 5.91 Å². The molecule has 0 unspecified atom stereocenters. The molecule has 1 aliphatic carbocycles. The summed E-state index contributed by atoms with van der Waals surface area (Å²) in [6.07, 6.45) is 3.01. The molecule has 1 aliphatic rings. The SMILES string of the molecule is CNCCc1nc(-c2ccc(NC(=O)C3CC3)cc2)cs1. The van der Waals surface area contributed by atoms with Gasteiger partial charge in [0.25, 0.3) is 0 Å². The van der Waals surface area contributed by atoms with E-state index in [-0.39, 0.29) is 11.8 Å². The van der Waals surface area contributed by atoms with Crippen LogP contribution in [-0.2, 0) is 11.2 Å². The van der Waals surface area contributed by atoms with Crippen LogP contribution in [0.3, 0.4) is 0 Å². The molecule has 1 heterocycles. The van der Waals surface area contributed by atoms with Gasteiger partial charge in [0.15, 0.2) is 0 Å². The molecule has 1 fully saturated rings. The topological polar surface area (TPSA) is 54.0 Å². The number of thiazole rings is 1. The first-order valence-electron chi connectivity index (χ1n) is 7.26. The number of hydrogen-bond acceptors (Lipinski definition) is 4. The number of nitrogens with one attached hydrogen (secondary N) is 2. The lowest BCUT2D eigenvalue weighted by Crippen LogP contribution is -2.12. The predicted octanol–water partition coefficient (Wildman–Crippen LogP) is 2.92. The lowest BCUT2D eigenvalue weighted by atomic mass is 10.1. The van der Waals surface area contributed by atoms with E-state index in [2.05, 4.69) is 21.0 Å². The minimum atomic E-state index is 0.144. The quantitative estimate of drug-likeness (QED) is 0.862. The van der Waals surface area contributed by atoms with E-state index in [9.17, 15) is 4.79 Å². The van der Waals surface area contributed by atoms with Crippen LogP contribution in [0.15, 0.2) is 29.6 Å². The van der Waals surface area contributed by atoms with Crippen molar-refractivity contribution in [2.75, 3.05) is 18.9 Å². The van der Waals surface area contributed by atoms with Gasteiger partial charge >= 0.3 is 0 Å². The number of nitrogens with zero attached hydrogens (tertiary/aromatic N) is 1. The van der Waals surface area contributed by atoms with Gasteiger partial charge < -0.3 is 10.6 Å². The Hall–Kier alpha value is -1.72. The van der Waals surface area contributed by atoms with Gasteiger partial charge in [-0.05, 0) is 32.0 Å². The zero-order valence-corrected chi connectivity index (χ0v) is 12.9. The van der Waals surface area contributed by atoms with E-state index in [0.29, 0.717) is 0 Å². The minimum absolute atomic E-state index is 0.144. The van der Waals surface area contributed by atoms with Gasteiger partial charge in [0.1, 0.15) is 0 Å². The van der Waals surface area contributed by atoms with Gasteiger partial charge in [0, 0.05) is 35.5 Å². The van der Waals surface area contributed by atoms with Gasteiger partial charge in [-0.1, -0.05) is 12.1 Å². The van der Waals surface area contributed by atoms with E-state index in [1.165, 1.54) is 0 Å². The van der Waals surface area contributed by atoms with Gasteiger partial charge in [0.05, 0.1) is 10.7 Å². The van der Waals surface area contributed by atoms with Crippen LogP contribution in [0.25, 0.3) is 11.3 Å². The summed E-state index contributed by atoms with van der Waals surface area (Å²) >= 11 is 1.69. The van der Waals surface area contributed by atoms with Crippen molar-refractivity contribution in [2.45, 2.75) is 19.3 Å². The van der Waals surface area contributed by atoms with Crippen LogP contribution in [0.2, 0.25) is 0 Å². The zero-order valence-electron chi connectivity index (χ0n) is 12.1. The lowest BCUT2D eigenvalue weighted by Gasteiger charge is -2.04. The van der Waals surface area contributed by atoms with Crippen LogP contribution < -0.4 is 10.6 Å². The maximum atomic E-state index is 11.7. The predicted molar refractivity (Wildman–Crippen MR) is 86.5 cm³/mol. The minimum Gasteiger partial charge on any atom is -0.326 e. The number of amides is 1. The summed E-state index contributed by atoms with van der Waals surface area (Å²) in [4.78, 5) is 16.3. The molecule has 0 saturated heterocycles. The largest absolute Gasteiger partial charge is 0.326 e. The molecular formula is C16H19N3OS. The standard InChI is InChI=1S/C16H19N3OS/c1-17-9-8-15-19-14(10-21-15)11-4-6-13(7-5-11)18-16(20)12-2-3-12/h4-7,10,12,17H,2-3,8-9H2,1H3,(H,18,20). The monoisotopic (exact) mass is 301 g/mol. The van der Waals surface area contributed by atoms with E-state index in [1.54, 1.807) is 11.3 Å². The summed E-state index contributed by atoms with van der Waals surface area (Å²) in [6.45, 7) is 0.944. The maximum Gasteiger partial charge on any atom is 0.227 e. The number of benzene rings is 1. The fraction of sp³-hybridized carbons (Fsp3) is 0.375. The van der Waals surface area contributed by atoms with Crippen molar-refractivity contribution >= 4 is 22.9 Å². The van der Waals surface area contributed by atoms with Gasteiger partial charge in [-0.25, -0.2) is 4.98 Å². The molecule has 4 nitrogen and oxygen atoms in total. The number of carbonyl (C=O) groups is 1. The third kappa shape index (κ3) is 3.68. The van der Waals surface area contributed by atoms with Gasteiger partial charge in [-0.15, -0.1) is 11.3 Å². The normalized spacial score (nSPS) is 14.1. The third-order valence-corrected chi connectivity index (χ3v) is 4.45. The highest BCUT2D eigenvalue weighted by atomic mass is 32.1. The average molecular weight is 301 g/mol. The molecule has 0 bridgehead atoms. The van der Waals surface area contributed by atoms with Crippen molar-refractivity contribution in [2.24, 2.45) is 5.92 Å². The van der Waals surface area contributed by atoms with Crippen LogP contribution in [0, 0.1) is 5.92 Å². The molecule has 1 aromatic carbocycles. The van der Waals surface area contributed by atoms with Crippen LogP contribution in [-0.4, -0.2) is 24.5 Å². The zero-order chi connectivity index (χ0) is 14.7. The van der Waals surface area contributed by atoms with Crippen molar-refractivity contribution < 1.29 is 4.79 Å². The molecule has 0 aliphatic heterocycles. The molecule has 5 heteroatoms. The molecule has 1 aromatic heterocycles. The summed E-state index contributed by atoms with van der Waals surface area (Å²) in [6, 6.07) is 7.92.